The van der Waals surface area contributed by atoms with Gasteiger partial charge in [-0.15, -0.1) is 6.58 Å². The SMILES string of the molecule is C=C[C@@H](C)[C@@H](O)CC(=O)O[C@@H](CC(OC)OC)C1CCCCC1. The molecule has 0 aromatic rings. The van der Waals surface area contributed by atoms with Gasteiger partial charge in [0, 0.05) is 26.6 Å². The van der Waals surface area contributed by atoms with Gasteiger partial charge >= 0.3 is 5.97 Å². The molecule has 1 fully saturated rings. The van der Waals surface area contributed by atoms with Crippen molar-refractivity contribution in [2.75, 3.05) is 14.2 Å². The van der Waals surface area contributed by atoms with Crippen LogP contribution >= 0.6 is 0 Å². The lowest BCUT2D eigenvalue weighted by molar-refractivity contribution is -0.167. The van der Waals surface area contributed by atoms with Crippen molar-refractivity contribution in [3.05, 3.63) is 12.7 Å². The first-order valence-corrected chi connectivity index (χ1v) is 8.57. The summed E-state index contributed by atoms with van der Waals surface area (Å²) in [5.41, 5.74) is 0. The number of esters is 1. The van der Waals surface area contributed by atoms with E-state index in [-0.39, 0.29) is 30.7 Å². The first kappa shape index (κ1) is 20.1. The zero-order valence-electron chi connectivity index (χ0n) is 14.7. The summed E-state index contributed by atoms with van der Waals surface area (Å²) in [6.45, 7) is 5.47. The Balaban J connectivity index is 2.63. The molecule has 1 rings (SSSR count). The molecule has 0 aliphatic heterocycles. The molecule has 5 nitrogen and oxygen atoms in total. The molecule has 0 amide bonds. The van der Waals surface area contributed by atoms with Crippen molar-refractivity contribution < 1.29 is 24.1 Å². The Morgan fingerprint density at radius 3 is 2.39 bits per heavy atom. The van der Waals surface area contributed by atoms with Gasteiger partial charge in [-0.3, -0.25) is 4.79 Å². The van der Waals surface area contributed by atoms with Gasteiger partial charge in [-0.05, 0) is 18.8 Å². The van der Waals surface area contributed by atoms with Crippen LogP contribution in [-0.4, -0.2) is 43.8 Å². The average Bonchev–Trinajstić information content (AvgIpc) is 2.58. The van der Waals surface area contributed by atoms with Crippen LogP contribution in [0.15, 0.2) is 12.7 Å². The van der Waals surface area contributed by atoms with Crippen LogP contribution in [0.2, 0.25) is 0 Å². The number of carbonyl (C=O) groups excluding carboxylic acids is 1. The van der Waals surface area contributed by atoms with Crippen molar-refractivity contribution in [2.24, 2.45) is 11.8 Å². The van der Waals surface area contributed by atoms with Crippen molar-refractivity contribution in [1.29, 1.82) is 0 Å². The number of carbonyl (C=O) groups is 1. The molecule has 5 heteroatoms. The fourth-order valence-electron chi connectivity index (χ4n) is 3.05. The number of ether oxygens (including phenoxy) is 3. The van der Waals surface area contributed by atoms with Crippen molar-refractivity contribution in [1.82, 2.24) is 0 Å². The maximum Gasteiger partial charge on any atom is 0.308 e. The zero-order valence-corrected chi connectivity index (χ0v) is 14.7. The van der Waals surface area contributed by atoms with Gasteiger partial charge in [-0.2, -0.15) is 0 Å². The van der Waals surface area contributed by atoms with Gasteiger partial charge < -0.3 is 19.3 Å². The fraction of sp³-hybridized carbons (Fsp3) is 0.833. The highest BCUT2D eigenvalue weighted by Gasteiger charge is 2.30. The van der Waals surface area contributed by atoms with E-state index in [9.17, 15) is 9.90 Å². The van der Waals surface area contributed by atoms with Gasteiger partial charge in [-0.1, -0.05) is 32.3 Å². The minimum Gasteiger partial charge on any atom is -0.462 e. The predicted molar refractivity (Wildman–Crippen MR) is 88.9 cm³/mol. The van der Waals surface area contributed by atoms with Crippen LogP contribution in [0.1, 0.15) is 51.9 Å². The molecule has 1 N–H and O–H groups in total. The Bertz CT molecular complexity index is 347. The van der Waals surface area contributed by atoms with E-state index in [0.717, 1.165) is 12.8 Å². The number of rotatable bonds is 10. The summed E-state index contributed by atoms with van der Waals surface area (Å²) in [6.07, 6.45) is 6.48. The minimum absolute atomic E-state index is 0.0129. The molecule has 23 heavy (non-hydrogen) atoms. The zero-order chi connectivity index (χ0) is 17.2. The summed E-state index contributed by atoms with van der Waals surface area (Å²) < 4.78 is 16.2. The van der Waals surface area contributed by atoms with Crippen LogP contribution in [0.5, 0.6) is 0 Å². The van der Waals surface area contributed by atoms with Gasteiger partial charge in [0.1, 0.15) is 6.10 Å². The third-order valence-corrected chi connectivity index (χ3v) is 4.76. The molecule has 3 atom stereocenters. The van der Waals surface area contributed by atoms with Gasteiger partial charge in [0.2, 0.25) is 0 Å². The second kappa shape index (κ2) is 10.8. The Hall–Kier alpha value is -0.910. The highest BCUT2D eigenvalue weighted by atomic mass is 16.7. The molecule has 0 aromatic carbocycles. The van der Waals surface area contributed by atoms with Gasteiger partial charge in [0.05, 0.1) is 12.5 Å². The van der Waals surface area contributed by atoms with Crippen LogP contribution in [0.4, 0.5) is 0 Å². The summed E-state index contributed by atoms with van der Waals surface area (Å²) in [4.78, 5) is 12.2. The van der Waals surface area contributed by atoms with E-state index in [2.05, 4.69) is 6.58 Å². The highest BCUT2D eigenvalue weighted by Crippen LogP contribution is 2.31. The lowest BCUT2D eigenvalue weighted by atomic mass is 9.84. The fourth-order valence-corrected chi connectivity index (χ4v) is 3.05. The molecule has 0 radical (unpaired) electrons. The Morgan fingerprint density at radius 2 is 1.87 bits per heavy atom. The lowest BCUT2D eigenvalue weighted by Gasteiger charge is -2.32. The van der Waals surface area contributed by atoms with Crippen LogP contribution in [0.25, 0.3) is 0 Å². The number of hydrogen-bond donors (Lipinski definition) is 1. The van der Waals surface area contributed by atoms with Crippen LogP contribution in [0, 0.1) is 11.8 Å². The molecule has 0 aromatic heterocycles. The number of aliphatic hydroxyl groups excluding tert-OH is 1. The number of methoxy groups -OCH3 is 2. The van der Waals surface area contributed by atoms with Crippen LogP contribution in [0.3, 0.4) is 0 Å². The van der Waals surface area contributed by atoms with E-state index in [1.807, 2.05) is 6.92 Å². The van der Waals surface area contributed by atoms with E-state index in [1.165, 1.54) is 19.3 Å². The molecule has 1 saturated carbocycles. The van der Waals surface area contributed by atoms with Gasteiger partial charge in [0.15, 0.2) is 6.29 Å². The quantitative estimate of drug-likeness (QED) is 0.379. The van der Waals surface area contributed by atoms with Crippen molar-refractivity contribution >= 4 is 5.97 Å². The second-order valence-corrected chi connectivity index (χ2v) is 6.43. The van der Waals surface area contributed by atoms with E-state index in [0.29, 0.717) is 12.3 Å². The number of aliphatic hydroxyl groups is 1. The Labute approximate surface area is 140 Å². The maximum atomic E-state index is 12.2. The second-order valence-electron chi connectivity index (χ2n) is 6.43. The minimum atomic E-state index is -0.757. The molecule has 0 heterocycles. The molecule has 0 saturated heterocycles. The Morgan fingerprint density at radius 1 is 1.26 bits per heavy atom. The van der Waals surface area contributed by atoms with Gasteiger partial charge in [-0.25, -0.2) is 0 Å². The first-order chi connectivity index (χ1) is 11.0. The standard InChI is InChI=1S/C18H32O5/c1-5-13(2)15(19)11-17(20)23-16(12-18(21-3)22-4)14-9-7-6-8-10-14/h5,13-16,18-19H,1,6-12H2,2-4H3/t13-,15+,16+/m1/s1. The van der Waals surface area contributed by atoms with Crippen molar-refractivity contribution in [3.63, 3.8) is 0 Å². The third-order valence-electron chi connectivity index (χ3n) is 4.76. The lowest BCUT2D eigenvalue weighted by Crippen LogP contribution is -2.34. The first-order valence-electron chi connectivity index (χ1n) is 8.57. The molecule has 0 bridgehead atoms. The molecule has 0 unspecified atom stereocenters. The summed E-state index contributed by atoms with van der Waals surface area (Å²) in [5.74, 6) is -0.163. The monoisotopic (exact) mass is 328 g/mol. The summed E-state index contributed by atoms with van der Waals surface area (Å²) >= 11 is 0. The topological polar surface area (TPSA) is 65.0 Å². The molecule has 0 spiro atoms. The summed E-state index contributed by atoms with van der Waals surface area (Å²) in [7, 11) is 3.17. The summed E-state index contributed by atoms with van der Waals surface area (Å²) in [5, 5.41) is 9.96. The molecule has 134 valence electrons. The van der Waals surface area contributed by atoms with E-state index in [4.69, 9.17) is 14.2 Å². The maximum absolute atomic E-state index is 12.2. The van der Waals surface area contributed by atoms with E-state index >= 15 is 0 Å². The smallest absolute Gasteiger partial charge is 0.308 e. The average molecular weight is 328 g/mol. The normalized spacial score (nSPS) is 20.0. The third kappa shape index (κ3) is 7.02. The molecular weight excluding hydrogens is 296 g/mol. The molecular formula is C18H32O5. The molecule has 1 aliphatic rings. The van der Waals surface area contributed by atoms with Gasteiger partial charge in [0.25, 0.3) is 0 Å². The number of hydrogen-bond acceptors (Lipinski definition) is 5. The summed E-state index contributed by atoms with van der Waals surface area (Å²) in [6, 6.07) is 0. The van der Waals surface area contributed by atoms with Crippen LogP contribution in [-0.2, 0) is 19.0 Å². The van der Waals surface area contributed by atoms with E-state index < -0.39 is 6.10 Å². The highest BCUT2D eigenvalue weighted by molar-refractivity contribution is 5.70. The van der Waals surface area contributed by atoms with Crippen molar-refractivity contribution in [3.8, 4) is 0 Å². The Kier molecular flexibility index (Phi) is 9.44. The van der Waals surface area contributed by atoms with E-state index in [1.54, 1.807) is 20.3 Å². The molecule has 1 aliphatic carbocycles. The van der Waals surface area contributed by atoms with Crippen LogP contribution < -0.4 is 0 Å². The van der Waals surface area contributed by atoms with Crippen molar-refractivity contribution in [2.45, 2.75) is 70.4 Å². The predicted octanol–water partition coefficient (Wildman–Crippen LogP) is 3.06. The largest absolute Gasteiger partial charge is 0.462 e.